The minimum atomic E-state index is -3.65. The van der Waals surface area contributed by atoms with Crippen LogP contribution in [-0.2, 0) is 10.0 Å². The monoisotopic (exact) mass is 269 g/mol. The lowest BCUT2D eigenvalue weighted by molar-refractivity contribution is 0.414. The lowest BCUT2D eigenvalue weighted by Crippen LogP contribution is -2.24. The summed E-state index contributed by atoms with van der Waals surface area (Å²) in [5.41, 5.74) is 1.54. The fourth-order valence-electron chi connectivity index (χ4n) is 2.35. The molecule has 5 nitrogen and oxygen atoms in total. The zero-order chi connectivity index (χ0) is 13.3. The fourth-order valence-corrected chi connectivity index (χ4v) is 3.16. The lowest BCUT2D eigenvalue weighted by atomic mass is 10.1. The van der Waals surface area contributed by atoms with Gasteiger partial charge in [0.25, 0.3) is 0 Å². The van der Waals surface area contributed by atoms with Crippen LogP contribution in [0.25, 0.3) is 0 Å². The molecule has 100 valence electrons. The normalized spacial score (nSPS) is 21.2. The summed E-state index contributed by atoms with van der Waals surface area (Å²) >= 11 is 0. The van der Waals surface area contributed by atoms with E-state index in [0.29, 0.717) is 11.6 Å². The van der Waals surface area contributed by atoms with E-state index in [-0.39, 0.29) is 4.90 Å². The van der Waals surface area contributed by atoms with Crippen LogP contribution in [0.15, 0.2) is 23.1 Å². The van der Waals surface area contributed by atoms with Gasteiger partial charge >= 0.3 is 0 Å². The summed E-state index contributed by atoms with van der Waals surface area (Å²) in [6, 6.07) is 5.51. The van der Waals surface area contributed by atoms with Crippen molar-refractivity contribution in [2.75, 3.05) is 25.5 Å². The molecule has 0 spiro atoms. The summed E-state index contributed by atoms with van der Waals surface area (Å²) in [6.07, 6.45) is 1.07. The van der Waals surface area contributed by atoms with Gasteiger partial charge in [0.15, 0.2) is 0 Å². The Hall–Kier alpha value is -1.11. The van der Waals surface area contributed by atoms with Crippen LogP contribution in [0.4, 0.5) is 5.69 Å². The minimum Gasteiger partial charge on any atom is -0.381 e. The Morgan fingerprint density at radius 3 is 2.72 bits per heavy atom. The molecule has 0 amide bonds. The van der Waals surface area contributed by atoms with Crippen LogP contribution in [-0.4, -0.2) is 39.5 Å². The zero-order valence-electron chi connectivity index (χ0n) is 10.7. The van der Waals surface area contributed by atoms with E-state index in [1.807, 2.05) is 6.07 Å². The number of hydrogen-bond acceptors (Lipinski definition) is 4. The molecule has 1 aromatic carbocycles. The molecule has 18 heavy (non-hydrogen) atoms. The van der Waals surface area contributed by atoms with Crippen molar-refractivity contribution in [3.05, 3.63) is 23.8 Å². The number of nitrogens with one attached hydrogen (secondary N) is 1. The number of primary sulfonamides is 1. The highest BCUT2D eigenvalue weighted by Crippen LogP contribution is 2.24. The second-order valence-electron chi connectivity index (χ2n) is 4.87. The van der Waals surface area contributed by atoms with Crippen molar-refractivity contribution in [3.63, 3.8) is 0 Å². The number of nitrogens with zero attached hydrogens (tertiary/aromatic N) is 1. The Morgan fingerprint density at radius 2 is 2.17 bits per heavy atom. The van der Waals surface area contributed by atoms with Crippen molar-refractivity contribution < 1.29 is 8.42 Å². The van der Waals surface area contributed by atoms with Gasteiger partial charge in [0.05, 0.1) is 4.90 Å². The lowest BCUT2D eigenvalue weighted by Gasteiger charge is -2.17. The molecular formula is C12H19N3O2S. The molecule has 2 rings (SSSR count). The van der Waals surface area contributed by atoms with Crippen LogP contribution in [0.5, 0.6) is 0 Å². The standard InChI is InChI=1S/C12H19N3O2S/c1-9-11(14-10-6-7-15(2)8-10)4-3-5-12(9)18(13,16)17/h3-5,10,14H,6-8H2,1-2H3,(H2,13,16,17). The molecule has 6 heteroatoms. The van der Waals surface area contributed by atoms with Crippen LogP contribution >= 0.6 is 0 Å². The number of benzene rings is 1. The maximum Gasteiger partial charge on any atom is 0.238 e. The molecule has 0 aliphatic carbocycles. The number of nitrogens with two attached hydrogens (primary N) is 1. The largest absolute Gasteiger partial charge is 0.381 e. The van der Waals surface area contributed by atoms with Gasteiger partial charge in [-0.2, -0.15) is 0 Å². The first kappa shape index (κ1) is 13.3. The predicted molar refractivity (Wildman–Crippen MR) is 72.1 cm³/mol. The van der Waals surface area contributed by atoms with Crippen molar-refractivity contribution >= 4 is 15.7 Å². The second kappa shape index (κ2) is 4.87. The summed E-state index contributed by atoms with van der Waals surface area (Å²) in [5, 5.41) is 8.58. The van der Waals surface area contributed by atoms with Crippen molar-refractivity contribution in [2.45, 2.75) is 24.3 Å². The number of hydrogen-bond donors (Lipinski definition) is 2. The molecule has 1 aliphatic rings. The molecule has 0 radical (unpaired) electrons. The smallest absolute Gasteiger partial charge is 0.238 e. The molecule has 3 N–H and O–H groups in total. The summed E-state index contributed by atoms with van der Waals surface area (Å²) < 4.78 is 22.9. The van der Waals surface area contributed by atoms with Gasteiger partial charge in [0, 0.05) is 18.3 Å². The van der Waals surface area contributed by atoms with Gasteiger partial charge in [-0.15, -0.1) is 0 Å². The maximum absolute atomic E-state index is 11.4. The molecule has 1 fully saturated rings. The molecule has 1 heterocycles. The highest BCUT2D eigenvalue weighted by molar-refractivity contribution is 7.89. The SMILES string of the molecule is Cc1c(NC2CCN(C)C2)cccc1S(N)(=O)=O. The maximum atomic E-state index is 11.4. The Labute approximate surface area is 108 Å². The van der Waals surface area contributed by atoms with Crippen LogP contribution in [0.1, 0.15) is 12.0 Å². The molecular weight excluding hydrogens is 250 g/mol. The number of sulfonamides is 1. The average molecular weight is 269 g/mol. The van der Waals surface area contributed by atoms with E-state index in [1.165, 1.54) is 6.07 Å². The Bertz CT molecular complexity index is 542. The van der Waals surface area contributed by atoms with Gasteiger partial charge in [-0.05, 0) is 44.6 Å². The minimum absolute atomic E-state index is 0.193. The molecule has 1 aromatic rings. The van der Waals surface area contributed by atoms with Crippen LogP contribution < -0.4 is 10.5 Å². The van der Waals surface area contributed by atoms with E-state index in [0.717, 1.165) is 25.2 Å². The first-order valence-electron chi connectivity index (χ1n) is 5.95. The van der Waals surface area contributed by atoms with Crippen molar-refractivity contribution in [1.82, 2.24) is 4.90 Å². The first-order valence-corrected chi connectivity index (χ1v) is 7.50. The van der Waals surface area contributed by atoms with Gasteiger partial charge in [0.2, 0.25) is 10.0 Å². The molecule has 0 bridgehead atoms. The second-order valence-corrected chi connectivity index (χ2v) is 6.40. The summed E-state index contributed by atoms with van der Waals surface area (Å²) in [4.78, 5) is 2.44. The number of likely N-dealkylation sites (tertiary alicyclic amines) is 1. The fraction of sp³-hybridized carbons (Fsp3) is 0.500. The molecule has 1 aliphatic heterocycles. The topological polar surface area (TPSA) is 75.4 Å². The van der Waals surface area contributed by atoms with Gasteiger partial charge < -0.3 is 10.2 Å². The number of anilines is 1. The third kappa shape index (κ3) is 2.82. The molecule has 1 atom stereocenters. The van der Waals surface area contributed by atoms with Crippen LogP contribution in [0.3, 0.4) is 0 Å². The Balaban J connectivity index is 2.24. The van der Waals surface area contributed by atoms with Gasteiger partial charge in [-0.3, -0.25) is 0 Å². The van der Waals surface area contributed by atoms with Gasteiger partial charge in [-0.1, -0.05) is 6.07 Å². The van der Waals surface area contributed by atoms with E-state index in [1.54, 1.807) is 13.0 Å². The van der Waals surface area contributed by atoms with Gasteiger partial charge in [0.1, 0.15) is 0 Å². The first-order chi connectivity index (χ1) is 8.38. The van der Waals surface area contributed by atoms with Crippen LogP contribution in [0.2, 0.25) is 0 Å². The quantitative estimate of drug-likeness (QED) is 0.849. The zero-order valence-corrected chi connectivity index (χ0v) is 11.5. The number of rotatable bonds is 3. The van der Waals surface area contributed by atoms with Crippen molar-refractivity contribution in [1.29, 1.82) is 0 Å². The highest BCUT2D eigenvalue weighted by atomic mass is 32.2. The summed E-state index contributed by atoms with van der Waals surface area (Å²) in [6.45, 7) is 3.81. The Kier molecular flexibility index (Phi) is 3.61. The molecule has 0 aromatic heterocycles. The van der Waals surface area contributed by atoms with E-state index in [9.17, 15) is 8.42 Å². The van der Waals surface area contributed by atoms with Crippen LogP contribution in [0, 0.1) is 6.92 Å². The Morgan fingerprint density at radius 1 is 1.44 bits per heavy atom. The third-order valence-electron chi connectivity index (χ3n) is 3.34. The van der Waals surface area contributed by atoms with E-state index < -0.39 is 10.0 Å². The average Bonchev–Trinajstić information content (AvgIpc) is 2.65. The molecule has 1 saturated heterocycles. The highest BCUT2D eigenvalue weighted by Gasteiger charge is 2.21. The third-order valence-corrected chi connectivity index (χ3v) is 4.40. The van der Waals surface area contributed by atoms with E-state index in [2.05, 4.69) is 17.3 Å². The summed E-state index contributed by atoms with van der Waals surface area (Å²) in [5.74, 6) is 0. The van der Waals surface area contributed by atoms with E-state index in [4.69, 9.17) is 5.14 Å². The van der Waals surface area contributed by atoms with E-state index >= 15 is 0 Å². The summed E-state index contributed by atoms with van der Waals surface area (Å²) in [7, 11) is -1.57. The number of likely N-dealkylation sites (N-methyl/N-ethyl adjacent to an activating group) is 1. The van der Waals surface area contributed by atoms with Gasteiger partial charge in [-0.25, -0.2) is 13.6 Å². The predicted octanol–water partition coefficient (Wildman–Crippen LogP) is 0.758. The molecule has 1 unspecified atom stereocenters. The van der Waals surface area contributed by atoms with Crippen molar-refractivity contribution in [3.8, 4) is 0 Å². The molecule has 0 saturated carbocycles. The van der Waals surface area contributed by atoms with Crippen molar-refractivity contribution in [2.24, 2.45) is 5.14 Å².